The summed E-state index contributed by atoms with van der Waals surface area (Å²) in [4.78, 5) is 11.8. The average molecular weight is 265 g/mol. The topological polar surface area (TPSA) is 55.1 Å². The average Bonchev–Trinajstić information content (AvgIpc) is 2.35. The Hall–Kier alpha value is -2.07. The highest BCUT2D eigenvalue weighted by Crippen LogP contribution is 2.17. The zero-order valence-electron chi connectivity index (χ0n) is 9.28. The number of carbonyl (C=O) groups excluding carboxylic acids is 1. The van der Waals surface area contributed by atoms with E-state index in [0.29, 0.717) is 16.9 Å². The summed E-state index contributed by atoms with van der Waals surface area (Å²) in [6.07, 6.45) is 0. The molecule has 0 heterocycles. The molecule has 1 amide bonds. The highest BCUT2D eigenvalue weighted by molar-refractivity contribution is 6.31. The Balaban J connectivity index is 2.16. The normalized spacial score (nSPS) is 10.1. The molecule has 0 saturated carbocycles. The van der Waals surface area contributed by atoms with Crippen molar-refractivity contribution in [3.8, 4) is 0 Å². The predicted molar refractivity (Wildman–Crippen MR) is 70.2 cm³/mol. The van der Waals surface area contributed by atoms with E-state index in [9.17, 15) is 9.18 Å². The van der Waals surface area contributed by atoms with Gasteiger partial charge in [0.25, 0.3) is 5.91 Å². The Morgan fingerprint density at radius 3 is 2.44 bits per heavy atom. The minimum atomic E-state index is -0.555. The summed E-state index contributed by atoms with van der Waals surface area (Å²) >= 11 is 5.61. The molecular weight excluding hydrogens is 255 g/mol. The van der Waals surface area contributed by atoms with Crippen molar-refractivity contribution in [3.63, 3.8) is 0 Å². The molecule has 0 aliphatic rings. The van der Waals surface area contributed by atoms with Crippen LogP contribution in [-0.2, 0) is 0 Å². The molecule has 0 aromatic heterocycles. The van der Waals surface area contributed by atoms with Crippen LogP contribution < -0.4 is 11.1 Å². The van der Waals surface area contributed by atoms with Gasteiger partial charge in [0, 0.05) is 16.9 Å². The van der Waals surface area contributed by atoms with Gasteiger partial charge in [-0.25, -0.2) is 4.39 Å². The molecule has 3 nitrogen and oxygen atoms in total. The highest BCUT2D eigenvalue weighted by Gasteiger charge is 2.08. The van der Waals surface area contributed by atoms with Crippen LogP contribution in [0.3, 0.4) is 0 Å². The molecule has 2 aromatic carbocycles. The van der Waals surface area contributed by atoms with Crippen LogP contribution in [0.2, 0.25) is 5.02 Å². The predicted octanol–water partition coefficient (Wildman–Crippen LogP) is 3.31. The van der Waals surface area contributed by atoms with Crippen molar-refractivity contribution in [2.24, 2.45) is 0 Å². The van der Waals surface area contributed by atoms with Gasteiger partial charge < -0.3 is 11.1 Å². The van der Waals surface area contributed by atoms with E-state index in [0.717, 1.165) is 6.07 Å². The van der Waals surface area contributed by atoms with Crippen LogP contribution in [0.4, 0.5) is 15.8 Å². The van der Waals surface area contributed by atoms with Gasteiger partial charge in [0.2, 0.25) is 0 Å². The maximum atomic E-state index is 13.0. The van der Waals surface area contributed by atoms with Crippen molar-refractivity contribution in [2.75, 3.05) is 11.1 Å². The number of halogens is 2. The first-order valence-electron chi connectivity index (χ1n) is 5.18. The lowest BCUT2D eigenvalue weighted by molar-refractivity contribution is 0.102. The largest absolute Gasteiger partial charge is 0.399 e. The van der Waals surface area contributed by atoms with Gasteiger partial charge in [-0.1, -0.05) is 11.6 Å². The molecular formula is C13H10ClFN2O. The van der Waals surface area contributed by atoms with Crippen LogP contribution in [0.15, 0.2) is 42.5 Å². The van der Waals surface area contributed by atoms with Gasteiger partial charge in [0.15, 0.2) is 0 Å². The van der Waals surface area contributed by atoms with Gasteiger partial charge in [0.05, 0.1) is 5.02 Å². The molecule has 3 N–H and O–H groups in total. The summed E-state index contributed by atoms with van der Waals surface area (Å²) in [5.41, 5.74) is 7.04. The maximum absolute atomic E-state index is 13.0. The number of anilines is 2. The number of hydrogen-bond donors (Lipinski definition) is 2. The molecule has 92 valence electrons. The molecule has 0 aliphatic heterocycles. The Labute approximate surface area is 108 Å². The second-order valence-electron chi connectivity index (χ2n) is 3.71. The molecule has 18 heavy (non-hydrogen) atoms. The fraction of sp³-hybridized carbons (Fsp3) is 0. The number of rotatable bonds is 2. The summed E-state index contributed by atoms with van der Waals surface area (Å²) in [5, 5.41) is 2.57. The van der Waals surface area contributed by atoms with Gasteiger partial charge in [-0.2, -0.15) is 0 Å². The fourth-order valence-corrected chi connectivity index (χ4v) is 1.59. The van der Waals surface area contributed by atoms with E-state index >= 15 is 0 Å². The maximum Gasteiger partial charge on any atom is 0.255 e. The van der Waals surface area contributed by atoms with Crippen LogP contribution in [0, 0.1) is 5.82 Å². The van der Waals surface area contributed by atoms with Crippen LogP contribution in [0.5, 0.6) is 0 Å². The van der Waals surface area contributed by atoms with Gasteiger partial charge in [-0.3, -0.25) is 4.79 Å². The third-order valence-corrected chi connectivity index (χ3v) is 2.64. The van der Waals surface area contributed by atoms with Crippen molar-refractivity contribution in [3.05, 3.63) is 58.9 Å². The lowest BCUT2D eigenvalue weighted by Gasteiger charge is -2.06. The Kier molecular flexibility index (Phi) is 3.48. The summed E-state index contributed by atoms with van der Waals surface area (Å²) in [6.45, 7) is 0. The number of amides is 1. The van der Waals surface area contributed by atoms with E-state index in [1.54, 1.807) is 24.3 Å². The van der Waals surface area contributed by atoms with E-state index in [1.165, 1.54) is 12.1 Å². The molecule has 0 aliphatic carbocycles. The number of hydrogen-bond acceptors (Lipinski definition) is 2. The summed E-state index contributed by atoms with van der Waals surface area (Å²) < 4.78 is 13.0. The first-order valence-corrected chi connectivity index (χ1v) is 5.56. The molecule has 5 heteroatoms. The summed E-state index contributed by atoms with van der Waals surface area (Å²) in [5.74, 6) is -0.914. The van der Waals surface area contributed by atoms with Crippen molar-refractivity contribution in [1.29, 1.82) is 0 Å². The van der Waals surface area contributed by atoms with E-state index in [1.807, 2.05) is 0 Å². The molecule has 0 fully saturated rings. The molecule has 0 unspecified atom stereocenters. The molecule has 0 radical (unpaired) electrons. The van der Waals surface area contributed by atoms with Gasteiger partial charge in [-0.05, 0) is 42.5 Å². The second-order valence-corrected chi connectivity index (χ2v) is 4.11. The minimum Gasteiger partial charge on any atom is -0.399 e. The van der Waals surface area contributed by atoms with Crippen LogP contribution in [0.25, 0.3) is 0 Å². The first kappa shape index (κ1) is 12.4. The lowest BCUT2D eigenvalue weighted by Crippen LogP contribution is -2.11. The summed E-state index contributed by atoms with van der Waals surface area (Å²) in [7, 11) is 0. The standard InChI is InChI=1S/C13H10ClFN2O/c14-11-7-8(1-6-12(11)15)13(18)17-10-4-2-9(16)3-5-10/h1-7H,16H2,(H,17,18). The molecule has 0 bridgehead atoms. The molecule has 0 atom stereocenters. The quantitative estimate of drug-likeness (QED) is 0.818. The lowest BCUT2D eigenvalue weighted by atomic mass is 10.2. The van der Waals surface area contributed by atoms with Crippen molar-refractivity contribution < 1.29 is 9.18 Å². The van der Waals surface area contributed by atoms with Crippen LogP contribution >= 0.6 is 11.6 Å². The first-order chi connectivity index (χ1) is 8.56. The fourth-order valence-electron chi connectivity index (χ4n) is 1.41. The van der Waals surface area contributed by atoms with Crippen molar-refractivity contribution >= 4 is 28.9 Å². The Bertz CT molecular complexity index is 584. The number of carbonyl (C=O) groups is 1. The zero-order valence-corrected chi connectivity index (χ0v) is 10.0. The highest BCUT2D eigenvalue weighted by atomic mass is 35.5. The van der Waals surface area contributed by atoms with Crippen molar-refractivity contribution in [2.45, 2.75) is 0 Å². The van der Waals surface area contributed by atoms with Gasteiger partial charge >= 0.3 is 0 Å². The smallest absolute Gasteiger partial charge is 0.255 e. The Morgan fingerprint density at radius 2 is 1.83 bits per heavy atom. The van der Waals surface area contributed by atoms with Gasteiger partial charge in [-0.15, -0.1) is 0 Å². The third-order valence-electron chi connectivity index (χ3n) is 2.35. The molecule has 0 spiro atoms. The zero-order chi connectivity index (χ0) is 13.1. The van der Waals surface area contributed by atoms with E-state index < -0.39 is 5.82 Å². The van der Waals surface area contributed by atoms with E-state index in [2.05, 4.69) is 5.32 Å². The van der Waals surface area contributed by atoms with Crippen LogP contribution in [0.1, 0.15) is 10.4 Å². The number of benzene rings is 2. The number of nitrogens with one attached hydrogen (secondary N) is 1. The minimum absolute atomic E-state index is 0.0834. The second kappa shape index (κ2) is 5.06. The molecule has 2 rings (SSSR count). The van der Waals surface area contributed by atoms with E-state index in [4.69, 9.17) is 17.3 Å². The van der Waals surface area contributed by atoms with E-state index in [-0.39, 0.29) is 10.9 Å². The van der Waals surface area contributed by atoms with Gasteiger partial charge in [0.1, 0.15) is 5.82 Å². The number of nitrogens with two attached hydrogens (primary N) is 1. The van der Waals surface area contributed by atoms with Crippen molar-refractivity contribution in [1.82, 2.24) is 0 Å². The summed E-state index contributed by atoms with van der Waals surface area (Å²) in [6, 6.07) is 10.5. The molecule has 2 aromatic rings. The van der Waals surface area contributed by atoms with Crippen LogP contribution in [-0.4, -0.2) is 5.91 Å². The monoisotopic (exact) mass is 264 g/mol. The molecule has 0 saturated heterocycles. The SMILES string of the molecule is Nc1ccc(NC(=O)c2ccc(F)c(Cl)c2)cc1. The number of nitrogen functional groups attached to an aromatic ring is 1. The Morgan fingerprint density at radius 1 is 1.17 bits per heavy atom. The third kappa shape index (κ3) is 2.78.